The molecule has 0 heterocycles. The Kier molecular flexibility index (Phi) is 10.5. The predicted molar refractivity (Wildman–Crippen MR) is 127 cm³/mol. The summed E-state index contributed by atoms with van der Waals surface area (Å²) in [6, 6.07) is 10.0. The standard InChI is InChI=1S/C25H32ClFN2O2/c1-4-15-29(16-5-2)17-7-8-19-18-20(11-13-24(19)31-3)28-25(30)14-12-21-22(26)9-6-10-23(21)27/h6,9-14,18H,4-5,7-8,15-17H2,1-3H3,(H,28,30). The lowest BCUT2D eigenvalue weighted by atomic mass is 10.1. The molecule has 2 rings (SSSR count). The Morgan fingerprint density at radius 1 is 1.16 bits per heavy atom. The summed E-state index contributed by atoms with van der Waals surface area (Å²) < 4.78 is 19.3. The van der Waals surface area contributed by atoms with E-state index in [1.165, 1.54) is 24.3 Å². The van der Waals surface area contributed by atoms with E-state index >= 15 is 0 Å². The largest absolute Gasteiger partial charge is 0.496 e. The first kappa shape index (κ1) is 24.9. The number of ether oxygens (including phenoxy) is 1. The van der Waals surface area contributed by atoms with Crippen LogP contribution in [-0.4, -0.2) is 37.6 Å². The van der Waals surface area contributed by atoms with Crippen molar-refractivity contribution in [2.45, 2.75) is 39.5 Å². The molecule has 2 aromatic rings. The van der Waals surface area contributed by atoms with Crippen LogP contribution < -0.4 is 10.1 Å². The molecule has 2 aromatic carbocycles. The number of nitrogens with one attached hydrogen (secondary N) is 1. The number of nitrogens with zero attached hydrogens (tertiary/aromatic N) is 1. The van der Waals surface area contributed by atoms with Gasteiger partial charge >= 0.3 is 0 Å². The summed E-state index contributed by atoms with van der Waals surface area (Å²) in [6.07, 6.45) is 6.83. The van der Waals surface area contributed by atoms with Gasteiger partial charge in [-0.25, -0.2) is 4.39 Å². The topological polar surface area (TPSA) is 41.6 Å². The van der Waals surface area contributed by atoms with Crippen molar-refractivity contribution in [3.8, 4) is 5.75 Å². The van der Waals surface area contributed by atoms with Crippen molar-refractivity contribution >= 4 is 29.3 Å². The number of aryl methyl sites for hydroxylation is 1. The highest BCUT2D eigenvalue weighted by Crippen LogP contribution is 2.25. The van der Waals surface area contributed by atoms with Crippen molar-refractivity contribution in [1.82, 2.24) is 4.90 Å². The van der Waals surface area contributed by atoms with Gasteiger partial charge in [0.05, 0.1) is 12.1 Å². The van der Waals surface area contributed by atoms with E-state index in [4.69, 9.17) is 16.3 Å². The van der Waals surface area contributed by atoms with Crippen molar-refractivity contribution in [2.24, 2.45) is 0 Å². The van der Waals surface area contributed by atoms with E-state index in [0.29, 0.717) is 5.69 Å². The fourth-order valence-corrected chi connectivity index (χ4v) is 3.75. The number of methoxy groups -OCH3 is 1. The van der Waals surface area contributed by atoms with Gasteiger partial charge in [0.2, 0.25) is 5.91 Å². The highest BCUT2D eigenvalue weighted by molar-refractivity contribution is 6.32. The van der Waals surface area contributed by atoms with E-state index in [0.717, 1.165) is 56.6 Å². The van der Waals surface area contributed by atoms with Gasteiger partial charge in [-0.05, 0) is 87.3 Å². The third kappa shape index (κ3) is 8.00. The van der Waals surface area contributed by atoms with Crippen LogP contribution in [-0.2, 0) is 11.2 Å². The number of carbonyl (C=O) groups excluding carboxylic acids is 1. The summed E-state index contributed by atoms with van der Waals surface area (Å²) >= 11 is 6.00. The van der Waals surface area contributed by atoms with Gasteiger partial charge in [0, 0.05) is 17.3 Å². The summed E-state index contributed by atoms with van der Waals surface area (Å²) in [7, 11) is 1.65. The van der Waals surface area contributed by atoms with Crippen LogP contribution in [0.2, 0.25) is 5.02 Å². The summed E-state index contributed by atoms with van der Waals surface area (Å²) in [5.74, 6) is -0.0137. The van der Waals surface area contributed by atoms with E-state index in [1.54, 1.807) is 19.2 Å². The molecule has 0 saturated heterocycles. The fourth-order valence-electron chi connectivity index (χ4n) is 3.53. The number of hydrogen-bond acceptors (Lipinski definition) is 3. The number of benzene rings is 2. The van der Waals surface area contributed by atoms with Crippen molar-refractivity contribution in [2.75, 3.05) is 32.1 Å². The third-order valence-corrected chi connectivity index (χ3v) is 5.28. The molecule has 0 aliphatic rings. The molecule has 6 heteroatoms. The smallest absolute Gasteiger partial charge is 0.248 e. The molecule has 0 saturated carbocycles. The Bertz CT molecular complexity index is 860. The number of carbonyl (C=O) groups is 1. The van der Waals surface area contributed by atoms with Gasteiger partial charge in [0.25, 0.3) is 0 Å². The molecule has 168 valence electrons. The zero-order valence-electron chi connectivity index (χ0n) is 18.6. The summed E-state index contributed by atoms with van der Waals surface area (Å²) in [6.45, 7) is 7.66. The Morgan fingerprint density at radius 2 is 1.90 bits per heavy atom. The van der Waals surface area contributed by atoms with Gasteiger partial charge in [-0.15, -0.1) is 0 Å². The Hall–Kier alpha value is -2.37. The Balaban J connectivity index is 2.02. The maximum atomic E-state index is 13.9. The van der Waals surface area contributed by atoms with Crippen LogP contribution in [0.15, 0.2) is 42.5 Å². The summed E-state index contributed by atoms with van der Waals surface area (Å²) in [5, 5.41) is 3.09. The second-order valence-corrected chi connectivity index (χ2v) is 7.84. The van der Waals surface area contributed by atoms with E-state index < -0.39 is 5.82 Å². The molecule has 0 unspecified atom stereocenters. The summed E-state index contributed by atoms with van der Waals surface area (Å²) in [4.78, 5) is 14.8. The van der Waals surface area contributed by atoms with E-state index in [9.17, 15) is 9.18 Å². The molecule has 31 heavy (non-hydrogen) atoms. The van der Waals surface area contributed by atoms with Crippen LogP contribution in [0.1, 0.15) is 44.2 Å². The minimum absolute atomic E-state index is 0.193. The lowest BCUT2D eigenvalue weighted by Gasteiger charge is -2.21. The number of hydrogen-bond donors (Lipinski definition) is 1. The highest BCUT2D eigenvalue weighted by atomic mass is 35.5. The monoisotopic (exact) mass is 446 g/mol. The molecule has 0 atom stereocenters. The van der Waals surface area contributed by atoms with Gasteiger partial charge in [-0.1, -0.05) is 31.5 Å². The second kappa shape index (κ2) is 13.1. The van der Waals surface area contributed by atoms with Crippen molar-refractivity contribution in [3.05, 3.63) is 64.4 Å². The van der Waals surface area contributed by atoms with Crippen LogP contribution in [0.3, 0.4) is 0 Å². The molecule has 0 radical (unpaired) electrons. The van der Waals surface area contributed by atoms with Crippen LogP contribution >= 0.6 is 11.6 Å². The van der Waals surface area contributed by atoms with Crippen LogP contribution in [0.25, 0.3) is 6.08 Å². The highest BCUT2D eigenvalue weighted by Gasteiger charge is 2.09. The van der Waals surface area contributed by atoms with E-state index in [-0.39, 0.29) is 16.5 Å². The van der Waals surface area contributed by atoms with Crippen molar-refractivity contribution in [1.29, 1.82) is 0 Å². The van der Waals surface area contributed by atoms with Gasteiger partial charge in [0.15, 0.2) is 0 Å². The van der Waals surface area contributed by atoms with Crippen molar-refractivity contribution in [3.63, 3.8) is 0 Å². The first-order chi connectivity index (χ1) is 15.0. The van der Waals surface area contributed by atoms with Gasteiger partial charge in [-0.2, -0.15) is 0 Å². The Labute approximate surface area is 190 Å². The fraction of sp³-hybridized carbons (Fsp3) is 0.400. The minimum Gasteiger partial charge on any atom is -0.496 e. The van der Waals surface area contributed by atoms with Crippen LogP contribution in [0.4, 0.5) is 10.1 Å². The van der Waals surface area contributed by atoms with Crippen molar-refractivity contribution < 1.29 is 13.9 Å². The first-order valence-corrected chi connectivity index (χ1v) is 11.2. The number of anilines is 1. The Morgan fingerprint density at radius 3 is 2.55 bits per heavy atom. The maximum Gasteiger partial charge on any atom is 0.248 e. The average Bonchev–Trinajstić information content (AvgIpc) is 2.74. The van der Waals surface area contributed by atoms with Gasteiger partial charge < -0.3 is 15.0 Å². The second-order valence-electron chi connectivity index (χ2n) is 7.43. The molecular weight excluding hydrogens is 415 g/mol. The summed E-state index contributed by atoms with van der Waals surface area (Å²) in [5.41, 5.74) is 1.91. The normalized spacial score (nSPS) is 11.3. The molecule has 1 amide bonds. The quantitative estimate of drug-likeness (QED) is 0.395. The third-order valence-electron chi connectivity index (χ3n) is 4.95. The first-order valence-electron chi connectivity index (χ1n) is 10.8. The number of amides is 1. The van der Waals surface area contributed by atoms with Gasteiger partial charge in [0.1, 0.15) is 11.6 Å². The minimum atomic E-state index is -0.469. The van der Waals surface area contributed by atoms with E-state index in [1.807, 2.05) is 12.1 Å². The molecule has 4 nitrogen and oxygen atoms in total. The molecule has 0 aliphatic heterocycles. The molecule has 0 aromatic heterocycles. The van der Waals surface area contributed by atoms with E-state index in [2.05, 4.69) is 24.1 Å². The predicted octanol–water partition coefficient (Wildman–Crippen LogP) is 6.19. The van der Waals surface area contributed by atoms with Crippen LogP contribution in [0, 0.1) is 5.82 Å². The molecule has 0 spiro atoms. The lowest BCUT2D eigenvalue weighted by Crippen LogP contribution is -2.26. The molecule has 1 N–H and O–H groups in total. The van der Waals surface area contributed by atoms with Gasteiger partial charge in [-0.3, -0.25) is 4.79 Å². The SMILES string of the molecule is CCCN(CCC)CCCc1cc(NC(=O)C=Cc2c(F)cccc2Cl)ccc1OC. The van der Waals surface area contributed by atoms with Crippen LogP contribution in [0.5, 0.6) is 5.75 Å². The lowest BCUT2D eigenvalue weighted by molar-refractivity contribution is -0.111. The maximum absolute atomic E-state index is 13.9. The average molecular weight is 447 g/mol. The molecule has 0 aliphatic carbocycles. The molecule has 0 fully saturated rings. The number of rotatable bonds is 12. The molecular formula is C25H32ClFN2O2. The zero-order chi connectivity index (χ0) is 22.6. The number of halogens is 2. The molecule has 0 bridgehead atoms. The zero-order valence-corrected chi connectivity index (χ0v) is 19.3.